The molecule has 3 aliphatic rings. The first kappa shape index (κ1) is 43.9. The first-order valence-corrected chi connectivity index (χ1v) is 19.4. The number of nitrogens with zero attached hydrogens (tertiary/aromatic N) is 5. The molecule has 1 aromatic heterocycles. The number of rotatable bonds is 8. The highest BCUT2D eigenvalue weighted by atomic mass is 35.5. The summed E-state index contributed by atoms with van der Waals surface area (Å²) >= 11 is 5.48. The van der Waals surface area contributed by atoms with E-state index >= 15 is 0 Å². The van der Waals surface area contributed by atoms with Crippen LogP contribution in [0.2, 0.25) is 5.02 Å². The average molecular weight is 800 g/mol. The molecule has 0 bridgehead atoms. The van der Waals surface area contributed by atoms with Gasteiger partial charge in [0.05, 0.1) is 17.4 Å². The first-order valence-electron chi connectivity index (χ1n) is 19.0. The van der Waals surface area contributed by atoms with Crippen LogP contribution in [0, 0.1) is 5.41 Å². The molecule has 0 aliphatic carbocycles. The lowest BCUT2D eigenvalue weighted by molar-refractivity contribution is -0.138. The highest BCUT2D eigenvalue weighted by Gasteiger charge is 2.40. The van der Waals surface area contributed by atoms with Crippen LogP contribution >= 0.6 is 11.6 Å². The van der Waals surface area contributed by atoms with E-state index < -0.39 is 11.7 Å². The van der Waals surface area contributed by atoms with Crippen LogP contribution in [0.1, 0.15) is 98.2 Å². The zero-order valence-electron chi connectivity index (χ0n) is 32.6. The average Bonchev–Trinajstić information content (AvgIpc) is 3.19. The summed E-state index contributed by atoms with van der Waals surface area (Å²) in [4.78, 5) is 48.6. The van der Waals surface area contributed by atoms with Crippen molar-refractivity contribution in [3.63, 3.8) is 0 Å². The van der Waals surface area contributed by atoms with Gasteiger partial charge in [-0.2, -0.15) is 18.3 Å². The molecule has 1 spiro atoms. The summed E-state index contributed by atoms with van der Waals surface area (Å²) in [7, 11) is 3.60. The molecule has 304 valence electrons. The standard InChI is InChI=1S/C34H44F3N3O.C5H6ClN3O.C2H3NO2/c1-4-6-25(2)30-13-12-29(23-31(30)34(35,36)37)39-19-14-33(15-20-39)16-21-40(22-17-33)32(41)27-10-8-26(9-11-27)28-7-5-18-38(3)24-28;1-9-5(10)4(6)3(7)2-8-9;4-1-3-2-5/h8-13,23-25H,4-7,14-22H2,1-3H3;2H,7H2,1H3;1-2H,(H,3,4,5). The number of aryl methyl sites for hydroxylation is 1. The van der Waals surface area contributed by atoms with Gasteiger partial charge < -0.3 is 25.8 Å². The molecule has 15 heteroatoms. The molecule has 2 saturated heterocycles. The maximum Gasteiger partial charge on any atom is 0.416 e. The molecule has 3 N–H and O–H groups in total. The van der Waals surface area contributed by atoms with Crippen molar-refractivity contribution in [2.45, 2.75) is 77.3 Å². The molecule has 0 radical (unpaired) electrons. The minimum atomic E-state index is -4.35. The van der Waals surface area contributed by atoms with E-state index in [2.05, 4.69) is 40.3 Å². The number of carbonyl (C=O) groups is 3. The van der Waals surface area contributed by atoms with Crippen molar-refractivity contribution in [1.82, 2.24) is 24.9 Å². The fraction of sp³-hybridized carbons (Fsp3) is 0.488. The number of allylic oxidation sites excluding steroid dienone is 1. The summed E-state index contributed by atoms with van der Waals surface area (Å²) in [5.41, 5.74) is 9.12. The summed E-state index contributed by atoms with van der Waals surface area (Å²) in [6, 6.07) is 13.0. The molecular weight excluding hydrogens is 747 g/mol. The molecule has 56 heavy (non-hydrogen) atoms. The predicted octanol–water partition coefficient (Wildman–Crippen LogP) is 7.10. The molecule has 3 aliphatic heterocycles. The lowest BCUT2D eigenvalue weighted by Gasteiger charge is -2.47. The van der Waals surface area contributed by atoms with Crippen LogP contribution in [0.25, 0.3) is 5.57 Å². The van der Waals surface area contributed by atoms with Gasteiger partial charge in [0.1, 0.15) is 5.02 Å². The number of nitrogen functional groups attached to an aromatic ring is 1. The maximum atomic E-state index is 14.0. The molecule has 3 aromatic rings. The summed E-state index contributed by atoms with van der Waals surface area (Å²) in [5, 5.41) is 5.41. The van der Waals surface area contributed by atoms with Crippen molar-refractivity contribution < 1.29 is 27.6 Å². The Bertz CT molecular complexity index is 1880. The Balaban J connectivity index is 0.000000389. The summed E-state index contributed by atoms with van der Waals surface area (Å²) in [6.07, 6.45) is 7.43. The van der Waals surface area contributed by atoms with Crippen LogP contribution in [0.5, 0.6) is 0 Å². The molecule has 11 nitrogen and oxygen atoms in total. The fourth-order valence-corrected chi connectivity index (χ4v) is 7.79. The number of anilines is 2. The van der Waals surface area contributed by atoms with Gasteiger partial charge in [0, 0.05) is 64.3 Å². The van der Waals surface area contributed by atoms with E-state index in [9.17, 15) is 22.8 Å². The van der Waals surface area contributed by atoms with Crippen molar-refractivity contribution in [1.29, 1.82) is 0 Å². The molecular formula is C41H53ClF3N7O4. The fourth-order valence-electron chi connectivity index (χ4n) is 7.62. The van der Waals surface area contributed by atoms with Crippen LogP contribution in [0.15, 0.2) is 59.7 Å². The van der Waals surface area contributed by atoms with Crippen molar-refractivity contribution in [3.8, 4) is 0 Å². The van der Waals surface area contributed by atoms with E-state index in [0.717, 1.165) is 94.3 Å². The monoisotopic (exact) mass is 799 g/mol. The Morgan fingerprint density at radius 1 is 1.00 bits per heavy atom. The van der Waals surface area contributed by atoms with E-state index in [4.69, 9.17) is 26.9 Å². The zero-order chi connectivity index (χ0) is 41.0. The first-order chi connectivity index (χ1) is 26.6. The second-order valence-corrected chi connectivity index (χ2v) is 15.2. The van der Waals surface area contributed by atoms with Gasteiger partial charge in [-0.1, -0.05) is 50.1 Å². The number of carbonyl (C=O) groups excluding carboxylic acids is 3. The van der Waals surface area contributed by atoms with Gasteiger partial charge >= 0.3 is 6.18 Å². The molecule has 1 unspecified atom stereocenters. The van der Waals surface area contributed by atoms with E-state index in [0.29, 0.717) is 24.1 Å². The predicted molar refractivity (Wildman–Crippen MR) is 214 cm³/mol. The van der Waals surface area contributed by atoms with Gasteiger partial charge in [0.15, 0.2) is 0 Å². The van der Waals surface area contributed by atoms with Crippen LogP contribution in [0.3, 0.4) is 0 Å². The Morgan fingerprint density at radius 3 is 2.16 bits per heavy atom. The molecule has 1 atom stereocenters. The third-order valence-corrected chi connectivity index (χ3v) is 11.4. The van der Waals surface area contributed by atoms with E-state index in [-0.39, 0.29) is 33.5 Å². The number of alkyl halides is 3. The second kappa shape index (κ2) is 19.8. The van der Waals surface area contributed by atoms with Gasteiger partial charge in [-0.25, -0.2) is 4.68 Å². The number of aromatic nitrogens is 2. The van der Waals surface area contributed by atoms with Crippen molar-refractivity contribution in [2.75, 3.05) is 50.4 Å². The van der Waals surface area contributed by atoms with Crippen LogP contribution in [-0.4, -0.2) is 78.1 Å². The Kier molecular flexibility index (Phi) is 15.5. The maximum absolute atomic E-state index is 14.0. The second-order valence-electron chi connectivity index (χ2n) is 14.8. The summed E-state index contributed by atoms with van der Waals surface area (Å²) in [6.45, 7) is 7.95. The van der Waals surface area contributed by atoms with Crippen LogP contribution in [0.4, 0.5) is 24.5 Å². The lowest BCUT2D eigenvalue weighted by Crippen LogP contribution is -2.48. The number of likely N-dealkylation sites (tertiary alicyclic amines) is 1. The lowest BCUT2D eigenvalue weighted by atomic mass is 9.71. The molecule has 4 heterocycles. The van der Waals surface area contributed by atoms with Gasteiger partial charge in [-0.15, -0.1) is 0 Å². The van der Waals surface area contributed by atoms with Gasteiger partial charge in [0.25, 0.3) is 11.5 Å². The quantitative estimate of drug-likeness (QED) is 0.231. The number of nitrogens with two attached hydrogens (primary N) is 1. The SMILES string of the molecule is CCCC(C)c1ccc(N2CCC3(CCN(C(=O)c4ccc(C5=CN(C)CCC5)cc4)CC3)CC2)cc1C(F)(F)F.Cn1ncc(N)c(Cl)c1=O.O=CNC=O. The molecule has 6 rings (SSSR count). The Hall–Kier alpha value is -4.85. The number of piperidine rings is 2. The minimum Gasteiger partial charge on any atom is -0.396 e. The molecule has 0 saturated carbocycles. The Labute approximate surface area is 331 Å². The Morgan fingerprint density at radius 2 is 1.62 bits per heavy atom. The van der Waals surface area contributed by atoms with Crippen molar-refractivity contribution in [3.05, 3.63) is 92.5 Å². The summed E-state index contributed by atoms with van der Waals surface area (Å²) in [5.74, 6) is -0.0203. The number of hydrogen-bond donors (Lipinski definition) is 2. The zero-order valence-corrected chi connectivity index (χ0v) is 33.3. The van der Waals surface area contributed by atoms with Crippen LogP contribution < -0.4 is 21.5 Å². The van der Waals surface area contributed by atoms with E-state index in [1.807, 2.05) is 36.9 Å². The van der Waals surface area contributed by atoms with Crippen LogP contribution in [-0.2, 0) is 22.8 Å². The molecule has 3 amide bonds. The molecule has 2 aromatic carbocycles. The van der Waals surface area contributed by atoms with Gasteiger partial charge in [-0.3, -0.25) is 19.2 Å². The highest BCUT2D eigenvalue weighted by Crippen LogP contribution is 2.44. The van der Waals surface area contributed by atoms with Crippen molar-refractivity contribution >= 4 is 47.3 Å². The number of amides is 3. The normalized spacial score (nSPS) is 17.1. The number of benzene rings is 2. The van der Waals surface area contributed by atoms with Crippen molar-refractivity contribution in [2.24, 2.45) is 12.5 Å². The number of imide groups is 1. The summed E-state index contributed by atoms with van der Waals surface area (Å²) < 4.78 is 43.0. The number of nitrogens with one attached hydrogen (secondary N) is 1. The number of halogens is 4. The smallest absolute Gasteiger partial charge is 0.396 e. The number of hydrogen-bond acceptors (Lipinski definition) is 8. The largest absolute Gasteiger partial charge is 0.416 e. The third-order valence-electron chi connectivity index (χ3n) is 11.0. The molecule has 2 fully saturated rings. The van der Waals surface area contributed by atoms with Gasteiger partial charge in [0.2, 0.25) is 12.8 Å². The van der Waals surface area contributed by atoms with E-state index in [1.54, 1.807) is 11.4 Å². The highest BCUT2D eigenvalue weighted by molar-refractivity contribution is 6.32. The minimum absolute atomic E-state index is 0.0255. The van der Waals surface area contributed by atoms with Gasteiger partial charge in [-0.05, 0) is 97.2 Å². The third kappa shape index (κ3) is 11.4. The van der Waals surface area contributed by atoms with E-state index in [1.165, 1.54) is 30.4 Å². The topological polar surface area (TPSA) is 134 Å².